The second-order valence-corrected chi connectivity index (χ2v) is 4.30. The van der Waals surface area contributed by atoms with Crippen molar-refractivity contribution in [3.8, 4) is 0 Å². The van der Waals surface area contributed by atoms with Gasteiger partial charge in [0, 0.05) is 6.61 Å². The van der Waals surface area contributed by atoms with Crippen LogP contribution in [0, 0.1) is 11.8 Å². The number of aliphatic hydroxyl groups excluding tert-OH is 1. The van der Waals surface area contributed by atoms with Gasteiger partial charge in [0.25, 0.3) is 0 Å². The van der Waals surface area contributed by atoms with E-state index >= 15 is 0 Å². The Balaban J connectivity index is 1.93. The van der Waals surface area contributed by atoms with Crippen molar-refractivity contribution >= 4 is 0 Å². The Morgan fingerprint density at radius 1 is 1.31 bits per heavy atom. The summed E-state index contributed by atoms with van der Waals surface area (Å²) in [6.45, 7) is 4.96. The maximum absolute atomic E-state index is 8.59. The maximum atomic E-state index is 8.59. The fourth-order valence-corrected chi connectivity index (χ4v) is 2.17. The molecule has 2 nitrogen and oxygen atoms in total. The summed E-state index contributed by atoms with van der Waals surface area (Å²) in [5.41, 5.74) is 0. The fraction of sp³-hybridized carbons (Fsp3) is 1.00. The van der Waals surface area contributed by atoms with Gasteiger partial charge in [-0.2, -0.15) is 0 Å². The van der Waals surface area contributed by atoms with Gasteiger partial charge < -0.3 is 10.4 Å². The molecule has 0 aromatic carbocycles. The van der Waals surface area contributed by atoms with Crippen molar-refractivity contribution in [2.24, 2.45) is 11.8 Å². The van der Waals surface area contributed by atoms with E-state index in [-0.39, 0.29) is 0 Å². The van der Waals surface area contributed by atoms with E-state index in [9.17, 15) is 0 Å². The first-order chi connectivity index (χ1) is 6.34. The molecular weight excluding hydrogens is 162 g/mol. The standard InChI is InChI=1S/C11H23NO/c1-10-5-4-6-11(10)9-12-7-2-3-8-13/h10-13H,2-9H2,1H3. The van der Waals surface area contributed by atoms with E-state index in [4.69, 9.17) is 5.11 Å². The normalized spacial score (nSPS) is 28.2. The molecule has 1 saturated carbocycles. The van der Waals surface area contributed by atoms with Crippen LogP contribution in [0.2, 0.25) is 0 Å². The minimum absolute atomic E-state index is 0.335. The lowest BCUT2D eigenvalue weighted by molar-refractivity contribution is 0.282. The lowest BCUT2D eigenvalue weighted by atomic mass is 9.98. The topological polar surface area (TPSA) is 32.3 Å². The highest BCUT2D eigenvalue weighted by Gasteiger charge is 2.22. The predicted molar refractivity (Wildman–Crippen MR) is 55.7 cm³/mol. The second kappa shape index (κ2) is 6.39. The van der Waals surface area contributed by atoms with Crippen LogP contribution in [0.25, 0.3) is 0 Å². The van der Waals surface area contributed by atoms with Gasteiger partial charge in [-0.05, 0) is 44.2 Å². The minimum Gasteiger partial charge on any atom is -0.396 e. The lowest BCUT2D eigenvalue weighted by Gasteiger charge is -2.15. The quantitative estimate of drug-likeness (QED) is 0.618. The molecule has 0 radical (unpaired) electrons. The molecule has 13 heavy (non-hydrogen) atoms. The molecule has 2 atom stereocenters. The molecule has 2 unspecified atom stereocenters. The van der Waals surface area contributed by atoms with Gasteiger partial charge in [0.2, 0.25) is 0 Å². The summed E-state index contributed by atoms with van der Waals surface area (Å²) in [7, 11) is 0. The molecule has 1 fully saturated rings. The smallest absolute Gasteiger partial charge is 0.0431 e. The first kappa shape index (κ1) is 11.0. The molecule has 0 aliphatic heterocycles. The number of aliphatic hydroxyl groups is 1. The van der Waals surface area contributed by atoms with Crippen LogP contribution in [-0.4, -0.2) is 24.8 Å². The molecule has 0 aromatic heterocycles. The molecule has 0 aromatic rings. The van der Waals surface area contributed by atoms with Crippen LogP contribution in [0.1, 0.15) is 39.0 Å². The van der Waals surface area contributed by atoms with Gasteiger partial charge in [0.05, 0.1) is 0 Å². The van der Waals surface area contributed by atoms with Crippen LogP contribution in [0.5, 0.6) is 0 Å². The van der Waals surface area contributed by atoms with Crippen LogP contribution < -0.4 is 5.32 Å². The number of hydrogen-bond donors (Lipinski definition) is 2. The molecule has 0 saturated heterocycles. The van der Waals surface area contributed by atoms with Gasteiger partial charge in [-0.1, -0.05) is 19.8 Å². The van der Waals surface area contributed by atoms with E-state index in [0.29, 0.717) is 6.61 Å². The van der Waals surface area contributed by atoms with Crippen LogP contribution in [0.4, 0.5) is 0 Å². The average molecular weight is 185 g/mol. The van der Waals surface area contributed by atoms with E-state index in [1.54, 1.807) is 0 Å². The third-order valence-corrected chi connectivity index (χ3v) is 3.21. The zero-order valence-electron chi connectivity index (χ0n) is 8.76. The van der Waals surface area contributed by atoms with Crippen LogP contribution >= 0.6 is 0 Å². The molecule has 1 rings (SSSR count). The molecule has 78 valence electrons. The van der Waals surface area contributed by atoms with Gasteiger partial charge in [0.15, 0.2) is 0 Å². The van der Waals surface area contributed by atoms with Crippen LogP contribution in [0.3, 0.4) is 0 Å². The Morgan fingerprint density at radius 2 is 2.15 bits per heavy atom. The van der Waals surface area contributed by atoms with Crippen molar-refractivity contribution in [1.29, 1.82) is 0 Å². The first-order valence-corrected chi connectivity index (χ1v) is 5.66. The van der Waals surface area contributed by atoms with Crippen molar-refractivity contribution in [2.45, 2.75) is 39.0 Å². The molecule has 2 heteroatoms. The molecular formula is C11H23NO. The summed E-state index contributed by atoms with van der Waals surface area (Å²) in [4.78, 5) is 0. The van der Waals surface area contributed by atoms with Gasteiger partial charge in [0.1, 0.15) is 0 Å². The summed E-state index contributed by atoms with van der Waals surface area (Å²) in [6.07, 6.45) is 6.30. The van der Waals surface area contributed by atoms with E-state index in [1.807, 2.05) is 0 Å². The van der Waals surface area contributed by atoms with Crippen LogP contribution in [-0.2, 0) is 0 Å². The maximum Gasteiger partial charge on any atom is 0.0431 e. The number of rotatable bonds is 6. The zero-order chi connectivity index (χ0) is 9.52. The molecule has 0 amide bonds. The van der Waals surface area contributed by atoms with Crippen molar-refractivity contribution < 1.29 is 5.11 Å². The van der Waals surface area contributed by atoms with Crippen molar-refractivity contribution in [1.82, 2.24) is 5.32 Å². The SMILES string of the molecule is CC1CCCC1CNCCCCO. The largest absolute Gasteiger partial charge is 0.396 e. The summed E-state index contributed by atoms with van der Waals surface area (Å²) in [5.74, 6) is 1.83. The summed E-state index contributed by atoms with van der Waals surface area (Å²) in [5, 5.41) is 12.1. The molecule has 1 aliphatic rings. The molecule has 0 heterocycles. The Bertz CT molecular complexity index is 127. The van der Waals surface area contributed by atoms with Gasteiger partial charge >= 0.3 is 0 Å². The highest BCUT2D eigenvalue weighted by atomic mass is 16.2. The van der Waals surface area contributed by atoms with Crippen molar-refractivity contribution in [3.05, 3.63) is 0 Å². The summed E-state index contributed by atoms with van der Waals surface area (Å²) in [6, 6.07) is 0. The fourth-order valence-electron chi connectivity index (χ4n) is 2.17. The van der Waals surface area contributed by atoms with Gasteiger partial charge in [-0.3, -0.25) is 0 Å². The van der Waals surface area contributed by atoms with E-state index in [0.717, 1.165) is 31.2 Å². The molecule has 1 aliphatic carbocycles. The monoisotopic (exact) mass is 185 g/mol. The highest BCUT2D eigenvalue weighted by Crippen LogP contribution is 2.30. The van der Waals surface area contributed by atoms with E-state index in [2.05, 4.69) is 12.2 Å². The van der Waals surface area contributed by atoms with Gasteiger partial charge in [-0.25, -0.2) is 0 Å². The Kier molecular flexibility index (Phi) is 5.40. The number of nitrogens with one attached hydrogen (secondary N) is 1. The second-order valence-electron chi connectivity index (χ2n) is 4.30. The predicted octanol–water partition coefficient (Wildman–Crippen LogP) is 1.78. The summed E-state index contributed by atoms with van der Waals surface area (Å²) >= 11 is 0. The average Bonchev–Trinajstić information content (AvgIpc) is 2.52. The van der Waals surface area contributed by atoms with E-state index in [1.165, 1.54) is 25.8 Å². The number of unbranched alkanes of at least 4 members (excludes halogenated alkanes) is 1. The summed E-state index contributed by atoms with van der Waals surface area (Å²) < 4.78 is 0. The lowest BCUT2D eigenvalue weighted by Crippen LogP contribution is -2.25. The first-order valence-electron chi connectivity index (χ1n) is 5.66. The third-order valence-electron chi connectivity index (χ3n) is 3.21. The Morgan fingerprint density at radius 3 is 2.77 bits per heavy atom. The zero-order valence-corrected chi connectivity index (χ0v) is 8.76. The Hall–Kier alpha value is -0.0800. The van der Waals surface area contributed by atoms with Crippen LogP contribution in [0.15, 0.2) is 0 Å². The molecule has 0 bridgehead atoms. The Labute approximate surface area is 81.7 Å². The van der Waals surface area contributed by atoms with Gasteiger partial charge in [-0.15, -0.1) is 0 Å². The molecule has 0 spiro atoms. The highest BCUT2D eigenvalue weighted by molar-refractivity contribution is 4.75. The minimum atomic E-state index is 0.335. The number of hydrogen-bond acceptors (Lipinski definition) is 2. The van der Waals surface area contributed by atoms with E-state index < -0.39 is 0 Å². The molecule has 2 N–H and O–H groups in total. The third kappa shape index (κ3) is 4.10. The van der Waals surface area contributed by atoms with Crippen molar-refractivity contribution in [3.63, 3.8) is 0 Å². The van der Waals surface area contributed by atoms with Crippen molar-refractivity contribution in [2.75, 3.05) is 19.7 Å².